The molecule has 7 nitrogen and oxygen atoms in total. The zero-order chi connectivity index (χ0) is 14.2. The number of carbonyl (C=O) groups excluding carboxylic acids is 1. The minimum absolute atomic E-state index is 0.105. The predicted molar refractivity (Wildman–Crippen MR) is 74.6 cm³/mol. The zero-order valence-electron chi connectivity index (χ0n) is 11.8. The van der Waals surface area contributed by atoms with Crippen LogP contribution < -0.4 is 0 Å². The summed E-state index contributed by atoms with van der Waals surface area (Å²) in [6, 6.07) is 0.196. The van der Waals surface area contributed by atoms with Crippen LogP contribution in [0.4, 0.5) is 0 Å². The third kappa shape index (κ3) is 2.32. The van der Waals surface area contributed by atoms with Gasteiger partial charge in [-0.3, -0.25) is 14.6 Å². The molecule has 1 N–H and O–H groups in total. The smallest absolute Gasteiger partial charge is 0.257 e. The highest BCUT2D eigenvalue weighted by Crippen LogP contribution is 2.41. The molecule has 21 heavy (non-hydrogen) atoms. The Morgan fingerprint density at radius 1 is 1.38 bits per heavy atom. The SMILES string of the molecule is O=C(c1cn[nH]c1C1CC1)N1CCC[C@H]1Cn1ccnn1. The van der Waals surface area contributed by atoms with Crippen molar-refractivity contribution in [1.29, 1.82) is 0 Å². The zero-order valence-corrected chi connectivity index (χ0v) is 11.8. The maximum absolute atomic E-state index is 12.8. The van der Waals surface area contributed by atoms with Crippen molar-refractivity contribution >= 4 is 5.91 Å². The highest BCUT2D eigenvalue weighted by atomic mass is 16.2. The lowest BCUT2D eigenvalue weighted by molar-refractivity contribution is 0.0720. The van der Waals surface area contributed by atoms with Gasteiger partial charge in [-0.25, -0.2) is 0 Å². The summed E-state index contributed by atoms with van der Waals surface area (Å²) in [6.45, 7) is 1.52. The fraction of sp³-hybridized carbons (Fsp3) is 0.571. The Kier molecular flexibility index (Phi) is 2.98. The fourth-order valence-electron chi connectivity index (χ4n) is 3.14. The first-order valence-electron chi connectivity index (χ1n) is 7.51. The Morgan fingerprint density at radius 2 is 2.29 bits per heavy atom. The quantitative estimate of drug-likeness (QED) is 0.915. The molecule has 1 aliphatic heterocycles. The number of H-pyrrole nitrogens is 1. The average molecular weight is 286 g/mol. The second-order valence-electron chi connectivity index (χ2n) is 5.89. The molecule has 1 saturated heterocycles. The molecule has 0 spiro atoms. The number of likely N-dealkylation sites (tertiary alicyclic amines) is 1. The monoisotopic (exact) mass is 286 g/mol. The lowest BCUT2D eigenvalue weighted by Crippen LogP contribution is -2.38. The van der Waals surface area contributed by atoms with Gasteiger partial charge >= 0.3 is 0 Å². The number of nitrogens with zero attached hydrogens (tertiary/aromatic N) is 5. The number of aromatic amines is 1. The van der Waals surface area contributed by atoms with Crippen LogP contribution in [0.1, 0.15) is 47.7 Å². The van der Waals surface area contributed by atoms with Gasteiger partial charge in [-0.05, 0) is 25.7 Å². The number of rotatable bonds is 4. The van der Waals surface area contributed by atoms with Crippen molar-refractivity contribution in [3.8, 4) is 0 Å². The molecule has 0 aromatic carbocycles. The topological polar surface area (TPSA) is 79.7 Å². The van der Waals surface area contributed by atoms with E-state index < -0.39 is 0 Å². The van der Waals surface area contributed by atoms with Crippen LogP contribution in [0.3, 0.4) is 0 Å². The number of hydrogen-bond acceptors (Lipinski definition) is 4. The van der Waals surface area contributed by atoms with Gasteiger partial charge in [0, 0.05) is 18.7 Å². The van der Waals surface area contributed by atoms with Gasteiger partial charge < -0.3 is 4.90 Å². The Balaban J connectivity index is 1.53. The van der Waals surface area contributed by atoms with Gasteiger partial charge in [0.1, 0.15) is 0 Å². The third-order valence-corrected chi connectivity index (χ3v) is 4.39. The van der Waals surface area contributed by atoms with E-state index >= 15 is 0 Å². The van der Waals surface area contributed by atoms with Gasteiger partial charge in [0.05, 0.1) is 36.2 Å². The molecule has 110 valence electrons. The molecule has 2 aliphatic rings. The minimum atomic E-state index is 0.105. The Morgan fingerprint density at radius 3 is 3.05 bits per heavy atom. The van der Waals surface area contributed by atoms with E-state index in [-0.39, 0.29) is 11.9 Å². The van der Waals surface area contributed by atoms with E-state index in [9.17, 15) is 4.79 Å². The second-order valence-corrected chi connectivity index (χ2v) is 5.89. The number of nitrogens with one attached hydrogen (secondary N) is 1. The van der Waals surface area contributed by atoms with E-state index in [4.69, 9.17) is 0 Å². The molecule has 1 saturated carbocycles. The van der Waals surface area contributed by atoms with Gasteiger partial charge in [0.15, 0.2) is 0 Å². The van der Waals surface area contributed by atoms with Gasteiger partial charge in [0.25, 0.3) is 5.91 Å². The lowest BCUT2D eigenvalue weighted by Gasteiger charge is -2.24. The molecular formula is C14H18N6O. The molecule has 0 radical (unpaired) electrons. The van der Waals surface area contributed by atoms with Crippen LogP contribution in [0.15, 0.2) is 18.6 Å². The normalized spacial score (nSPS) is 21.9. The minimum Gasteiger partial charge on any atom is -0.334 e. The largest absolute Gasteiger partial charge is 0.334 e. The molecule has 0 bridgehead atoms. The summed E-state index contributed by atoms with van der Waals surface area (Å²) < 4.78 is 1.80. The lowest BCUT2D eigenvalue weighted by atomic mass is 10.1. The highest BCUT2D eigenvalue weighted by molar-refractivity contribution is 5.95. The van der Waals surface area contributed by atoms with Crippen molar-refractivity contribution in [2.75, 3.05) is 6.54 Å². The van der Waals surface area contributed by atoms with Crippen molar-refractivity contribution in [2.45, 2.75) is 44.2 Å². The molecule has 3 heterocycles. The van der Waals surface area contributed by atoms with E-state index in [2.05, 4.69) is 20.5 Å². The Bertz CT molecular complexity index is 630. The van der Waals surface area contributed by atoms with Crippen LogP contribution in [0.2, 0.25) is 0 Å². The van der Waals surface area contributed by atoms with Crippen molar-refractivity contribution in [2.24, 2.45) is 0 Å². The summed E-state index contributed by atoms with van der Waals surface area (Å²) in [5, 5.41) is 14.9. The molecule has 1 aliphatic carbocycles. The van der Waals surface area contributed by atoms with Crippen LogP contribution in [0.25, 0.3) is 0 Å². The molecule has 4 rings (SSSR count). The van der Waals surface area contributed by atoms with Crippen LogP contribution in [0.5, 0.6) is 0 Å². The average Bonchev–Trinajstić information content (AvgIpc) is 2.96. The van der Waals surface area contributed by atoms with Crippen molar-refractivity contribution in [3.63, 3.8) is 0 Å². The van der Waals surface area contributed by atoms with Crippen LogP contribution in [-0.2, 0) is 6.54 Å². The van der Waals surface area contributed by atoms with Crippen molar-refractivity contribution in [1.82, 2.24) is 30.1 Å². The molecular weight excluding hydrogens is 268 g/mol. The highest BCUT2D eigenvalue weighted by Gasteiger charge is 2.35. The second kappa shape index (κ2) is 4.98. The summed E-state index contributed by atoms with van der Waals surface area (Å²) >= 11 is 0. The first-order chi connectivity index (χ1) is 10.3. The standard InChI is InChI=1S/C14H18N6O/c21-14(12-8-16-17-13(12)10-3-4-10)20-6-1-2-11(20)9-19-7-5-15-18-19/h5,7-8,10-11H,1-4,6,9H2,(H,16,17)/t11-/m0/s1. The summed E-state index contributed by atoms with van der Waals surface area (Å²) in [5.41, 5.74) is 1.77. The Hall–Kier alpha value is -2.18. The van der Waals surface area contributed by atoms with E-state index in [0.29, 0.717) is 12.5 Å². The first kappa shape index (κ1) is 12.6. The molecule has 7 heteroatoms. The maximum Gasteiger partial charge on any atom is 0.257 e. The molecule has 1 atom stereocenters. The van der Waals surface area contributed by atoms with Gasteiger partial charge in [-0.1, -0.05) is 5.21 Å². The maximum atomic E-state index is 12.8. The van der Waals surface area contributed by atoms with Gasteiger partial charge in [-0.15, -0.1) is 5.10 Å². The summed E-state index contributed by atoms with van der Waals surface area (Å²) in [6.07, 6.45) is 9.57. The number of amides is 1. The van der Waals surface area contributed by atoms with Crippen molar-refractivity contribution < 1.29 is 4.79 Å². The van der Waals surface area contributed by atoms with Crippen LogP contribution >= 0.6 is 0 Å². The number of carbonyl (C=O) groups is 1. The molecule has 1 amide bonds. The molecule has 0 unspecified atom stereocenters. The molecule has 2 aromatic heterocycles. The van der Waals surface area contributed by atoms with Gasteiger partial charge in [0.2, 0.25) is 0 Å². The number of hydrogen-bond donors (Lipinski definition) is 1. The fourth-order valence-corrected chi connectivity index (χ4v) is 3.14. The van der Waals surface area contributed by atoms with E-state index in [1.54, 1.807) is 17.1 Å². The Labute approximate surface area is 122 Å². The predicted octanol–water partition coefficient (Wildman–Crippen LogP) is 1.18. The molecule has 2 aromatic rings. The van der Waals surface area contributed by atoms with E-state index in [0.717, 1.165) is 43.5 Å². The van der Waals surface area contributed by atoms with E-state index in [1.807, 2.05) is 11.1 Å². The third-order valence-electron chi connectivity index (χ3n) is 4.39. The van der Waals surface area contributed by atoms with Gasteiger partial charge in [-0.2, -0.15) is 5.10 Å². The summed E-state index contributed by atoms with van der Waals surface area (Å²) in [5.74, 6) is 0.607. The van der Waals surface area contributed by atoms with Crippen molar-refractivity contribution in [3.05, 3.63) is 29.8 Å². The van der Waals surface area contributed by atoms with Crippen LogP contribution in [-0.4, -0.2) is 48.6 Å². The first-order valence-corrected chi connectivity index (χ1v) is 7.51. The summed E-state index contributed by atoms with van der Waals surface area (Å²) in [4.78, 5) is 14.8. The van der Waals surface area contributed by atoms with Crippen LogP contribution in [0, 0.1) is 0 Å². The summed E-state index contributed by atoms with van der Waals surface area (Å²) in [7, 11) is 0. The number of aromatic nitrogens is 5. The van der Waals surface area contributed by atoms with E-state index in [1.165, 1.54) is 0 Å². The molecule has 2 fully saturated rings.